The number of pyridine rings is 1. The number of nitrogens with zero attached hydrogens (tertiary/aromatic N) is 2. The first-order chi connectivity index (χ1) is 9.20. The lowest BCUT2D eigenvalue weighted by Gasteiger charge is -2.20. The Kier molecular flexibility index (Phi) is 4.74. The molecule has 1 N–H and O–H groups in total. The zero-order chi connectivity index (χ0) is 13.7. The summed E-state index contributed by atoms with van der Waals surface area (Å²) in [7, 11) is 1.84. The van der Waals surface area contributed by atoms with Crippen LogP contribution in [0.25, 0.3) is 0 Å². The fraction of sp³-hybridized carbons (Fsp3) is 0.571. The van der Waals surface area contributed by atoms with E-state index in [1.54, 1.807) is 4.90 Å². The van der Waals surface area contributed by atoms with Gasteiger partial charge in [-0.25, -0.2) is 4.79 Å². The van der Waals surface area contributed by atoms with Crippen LogP contribution in [0.3, 0.4) is 0 Å². The Morgan fingerprint density at radius 2 is 2.37 bits per heavy atom. The van der Waals surface area contributed by atoms with Gasteiger partial charge in [-0.05, 0) is 38.4 Å². The Morgan fingerprint density at radius 1 is 1.53 bits per heavy atom. The van der Waals surface area contributed by atoms with Gasteiger partial charge in [0.05, 0.1) is 6.54 Å². The average molecular weight is 263 g/mol. The Bertz CT molecular complexity index is 448. The van der Waals surface area contributed by atoms with E-state index in [9.17, 15) is 4.79 Å². The van der Waals surface area contributed by atoms with Crippen LogP contribution < -0.4 is 5.32 Å². The van der Waals surface area contributed by atoms with Gasteiger partial charge in [0.15, 0.2) is 0 Å². The molecule has 0 saturated carbocycles. The number of rotatable bonds is 3. The second kappa shape index (κ2) is 6.52. The number of aryl methyl sites for hydroxylation is 2. The van der Waals surface area contributed by atoms with E-state index in [4.69, 9.17) is 4.74 Å². The molecule has 1 aromatic heterocycles. The highest BCUT2D eigenvalue weighted by atomic mass is 16.6. The van der Waals surface area contributed by atoms with E-state index in [1.165, 1.54) is 0 Å². The highest BCUT2D eigenvalue weighted by molar-refractivity contribution is 5.67. The standard InChI is InChI=1S/C14H21N3O2/c1-11-5-6-12-10-17(8-3-4-13(12)16-11)14(18)19-9-7-15-2/h5-6,15H,3-4,7-10H2,1-2H3. The molecule has 0 saturated heterocycles. The summed E-state index contributed by atoms with van der Waals surface area (Å²) in [5, 5.41) is 2.95. The van der Waals surface area contributed by atoms with Gasteiger partial charge in [-0.2, -0.15) is 0 Å². The number of carbonyl (C=O) groups excluding carboxylic acids is 1. The molecule has 5 nitrogen and oxygen atoms in total. The maximum atomic E-state index is 12.0. The SMILES string of the molecule is CNCCOC(=O)N1CCCc2nc(C)ccc2C1. The van der Waals surface area contributed by atoms with Crippen LogP contribution in [0.15, 0.2) is 12.1 Å². The monoisotopic (exact) mass is 263 g/mol. The molecule has 5 heteroatoms. The van der Waals surface area contributed by atoms with E-state index < -0.39 is 0 Å². The van der Waals surface area contributed by atoms with Crippen LogP contribution in [0.5, 0.6) is 0 Å². The third-order valence-corrected chi connectivity index (χ3v) is 3.25. The normalized spacial score (nSPS) is 14.7. The summed E-state index contributed by atoms with van der Waals surface area (Å²) >= 11 is 0. The second-order valence-electron chi connectivity index (χ2n) is 4.80. The largest absolute Gasteiger partial charge is 0.448 e. The molecule has 0 aromatic carbocycles. The molecule has 2 heterocycles. The third kappa shape index (κ3) is 3.67. The second-order valence-corrected chi connectivity index (χ2v) is 4.80. The van der Waals surface area contributed by atoms with Crippen molar-refractivity contribution < 1.29 is 9.53 Å². The average Bonchev–Trinajstić information content (AvgIpc) is 2.60. The number of carbonyl (C=O) groups is 1. The smallest absolute Gasteiger partial charge is 0.410 e. The van der Waals surface area contributed by atoms with E-state index in [0.717, 1.165) is 36.3 Å². The summed E-state index contributed by atoms with van der Waals surface area (Å²) in [6.45, 7) is 4.41. The molecule has 0 spiro atoms. The number of ether oxygens (including phenoxy) is 1. The van der Waals surface area contributed by atoms with Crippen molar-refractivity contribution in [2.24, 2.45) is 0 Å². The Labute approximate surface area is 114 Å². The maximum absolute atomic E-state index is 12.0. The van der Waals surface area contributed by atoms with Crippen LogP contribution in [0.2, 0.25) is 0 Å². The molecule has 0 bridgehead atoms. The van der Waals surface area contributed by atoms with Gasteiger partial charge in [-0.3, -0.25) is 4.98 Å². The van der Waals surface area contributed by atoms with Gasteiger partial charge in [0.1, 0.15) is 6.61 Å². The van der Waals surface area contributed by atoms with E-state index in [-0.39, 0.29) is 6.09 Å². The molecule has 0 fully saturated rings. The molecule has 2 rings (SSSR count). The fourth-order valence-electron chi connectivity index (χ4n) is 2.21. The van der Waals surface area contributed by atoms with Crippen molar-refractivity contribution in [2.75, 3.05) is 26.7 Å². The van der Waals surface area contributed by atoms with Crippen molar-refractivity contribution in [1.29, 1.82) is 0 Å². The lowest BCUT2D eigenvalue weighted by atomic mass is 10.1. The van der Waals surface area contributed by atoms with E-state index in [0.29, 0.717) is 19.7 Å². The van der Waals surface area contributed by atoms with Crippen LogP contribution in [-0.4, -0.2) is 42.7 Å². The summed E-state index contributed by atoms with van der Waals surface area (Å²) in [4.78, 5) is 18.3. The summed E-state index contributed by atoms with van der Waals surface area (Å²) in [5.41, 5.74) is 3.28. The predicted octanol–water partition coefficient (Wildman–Crippen LogP) is 1.49. The van der Waals surface area contributed by atoms with Gasteiger partial charge < -0.3 is 15.0 Å². The van der Waals surface area contributed by atoms with Crippen LogP contribution in [0, 0.1) is 6.92 Å². The first-order valence-electron chi connectivity index (χ1n) is 6.72. The Balaban J connectivity index is 2.01. The molecule has 0 radical (unpaired) electrons. The van der Waals surface area contributed by atoms with Crippen molar-refractivity contribution in [1.82, 2.24) is 15.2 Å². The van der Waals surface area contributed by atoms with E-state index in [2.05, 4.69) is 16.4 Å². The quantitative estimate of drug-likeness (QED) is 0.840. The molecule has 104 valence electrons. The first-order valence-corrected chi connectivity index (χ1v) is 6.72. The zero-order valence-electron chi connectivity index (χ0n) is 11.6. The Hall–Kier alpha value is -1.62. The van der Waals surface area contributed by atoms with Crippen LogP contribution >= 0.6 is 0 Å². The predicted molar refractivity (Wildman–Crippen MR) is 73.0 cm³/mol. The molecule has 0 unspecified atom stereocenters. The lowest BCUT2D eigenvalue weighted by molar-refractivity contribution is 0.101. The molecule has 0 aliphatic carbocycles. The minimum Gasteiger partial charge on any atom is -0.448 e. The first kappa shape index (κ1) is 13.8. The number of amides is 1. The maximum Gasteiger partial charge on any atom is 0.410 e. The van der Waals surface area contributed by atoms with E-state index >= 15 is 0 Å². The third-order valence-electron chi connectivity index (χ3n) is 3.25. The number of aromatic nitrogens is 1. The van der Waals surface area contributed by atoms with Crippen molar-refractivity contribution in [3.63, 3.8) is 0 Å². The molecule has 0 atom stereocenters. The molecule has 1 amide bonds. The highest BCUT2D eigenvalue weighted by Gasteiger charge is 2.20. The minimum absolute atomic E-state index is 0.233. The van der Waals surface area contributed by atoms with Crippen molar-refractivity contribution in [2.45, 2.75) is 26.3 Å². The van der Waals surface area contributed by atoms with Gasteiger partial charge in [0.2, 0.25) is 0 Å². The molecule has 19 heavy (non-hydrogen) atoms. The van der Waals surface area contributed by atoms with Gasteiger partial charge in [0, 0.05) is 24.5 Å². The van der Waals surface area contributed by atoms with Gasteiger partial charge in [0.25, 0.3) is 0 Å². The van der Waals surface area contributed by atoms with Crippen LogP contribution in [0.4, 0.5) is 4.79 Å². The molecular weight excluding hydrogens is 242 g/mol. The van der Waals surface area contributed by atoms with Gasteiger partial charge in [-0.1, -0.05) is 6.07 Å². The van der Waals surface area contributed by atoms with Crippen molar-refractivity contribution in [3.05, 3.63) is 29.1 Å². The summed E-state index contributed by atoms with van der Waals surface area (Å²) < 4.78 is 5.22. The lowest BCUT2D eigenvalue weighted by Crippen LogP contribution is -2.32. The van der Waals surface area contributed by atoms with Crippen molar-refractivity contribution in [3.8, 4) is 0 Å². The van der Waals surface area contributed by atoms with Crippen LogP contribution in [-0.2, 0) is 17.7 Å². The van der Waals surface area contributed by atoms with Gasteiger partial charge in [-0.15, -0.1) is 0 Å². The molecule has 1 aliphatic heterocycles. The summed E-state index contributed by atoms with van der Waals surface area (Å²) in [6, 6.07) is 4.06. The summed E-state index contributed by atoms with van der Waals surface area (Å²) in [6.07, 6.45) is 1.63. The topological polar surface area (TPSA) is 54.5 Å². The number of fused-ring (bicyclic) bond motifs is 1. The van der Waals surface area contributed by atoms with Crippen molar-refractivity contribution >= 4 is 6.09 Å². The van der Waals surface area contributed by atoms with Gasteiger partial charge >= 0.3 is 6.09 Å². The van der Waals surface area contributed by atoms with E-state index in [1.807, 2.05) is 20.0 Å². The molecule has 1 aliphatic rings. The minimum atomic E-state index is -0.233. The van der Waals surface area contributed by atoms with Crippen LogP contribution in [0.1, 0.15) is 23.4 Å². The zero-order valence-corrected chi connectivity index (χ0v) is 11.6. The highest BCUT2D eigenvalue weighted by Crippen LogP contribution is 2.18. The number of hydrogen-bond donors (Lipinski definition) is 1. The fourth-order valence-corrected chi connectivity index (χ4v) is 2.21. The Morgan fingerprint density at radius 3 is 3.16 bits per heavy atom. The number of nitrogens with one attached hydrogen (secondary N) is 1. The number of likely N-dealkylation sites (N-methyl/N-ethyl adjacent to an activating group) is 1. The molecular formula is C14H21N3O2. The number of hydrogen-bond acceptors (Lipinski definition) is 4. The summed E-state index contributed by atoms with van der Waals surface area (Å²) in [5.74, 6) is 0. The molecule has 1 aromatic rings.